The molecule has 132 valence electrons. The van der Waals surface area contributed by atoms with Crippen LogP contribution in [0.2, 0.25) is 0 Å². The Morgan fingerprint density at radius 3 is 2.50 bits per heavy atom. The van der Waals surface area contributed by atoms with Crippen molar-refractivity contribution in [1.82, 2.24) is 9.80 Å². The summed E-state index contributed by atoms with van der Waals surface area (Å²) >= 11 is 0. The van der Waals surface area contributed by atoms with Crippen LogP contribution in [-0.4, -0.2) is 74.7 Å². The minimum Gasteiger partial charge on any atom is -0.497 e. The summed E-state index contributed by atoms with van der Waals surface area (Å²) in [4.78, 5) is 18.4. The molecule has 0 saturated carbocycles. The zero-order valence-corrected chi connectivity index (χ0v) is 14.5. The molecule has 2 fully saturated rings. The van der Waals surface area contributed by atoms with E-state index in [1.165, 1.54) is 12.1 Å². The van der Waals surface area contributed by atoms with Crippen LogP contribution in [0.15, 0.2) is 24.3 Å². The van der Waals surface area contributed by atoms with E-state index in [0.717, 1.165) is 51.4 Å². The second-order valence-electron chi connectivity index (χ2n) is 6.72. The molecule has 6 nitrogen and oxygen atoms in total. The number of anilines is 1. The fourth-order valence-corrected chi connectivity index (χ4v) is 3.83. The molecule has 3 rings (SSSR count). The van der Waals surface area contributed by atoms with Gasteiger partial charge in [0.1, 0.15) is 5.75 Å². The molecular weight excluding hydrogens is 304 g/mol. The van der Waals surface area contributed by atoms with Crippen LogP contribution in [0, 0.1) is 0 Å². The zero-order valence-electron chi connectivity index (χ0n) is 14.5. The summed E-state index contributed by atoms with van der Waals surface area (Å²) in [5, 5.41) is 0. The molecule has 0 radical (unpaired) electrons. The van der Waals surface area contributed by atoms with Gasteiger partial charge in [-0.25, -0.2) is 0 Å². The highest BCUT2D eigenvalue weighted by Gasteiger charge is 2.28. The third kappa shape index (κ3) is 4.19. The van der Waals surface area contributed by atoms with Crippen LogP contribution in [0.4, 0.5) is 5.69 Å². The molecule has 2 saturated heterocycles. The number of primary amides is 1. The number of carbonyl (C=O) groups is 1. The van der Waals surface area contributed by atoms with E-state index in [1.54, 1.807) is 7.11 Å². The van der Waals surface area contributed by atoms with Crippen LogP contribution in [0.1, 0.15) is 12.8 Å². The van der Waals surface area contributed by atoms with Crippen molar-refractivity contribution >= 4 is 11.6 Å². The summed E-state index contributed by atoms with van der Waals surface area (Å²) in [5.74, 6) is 0.675. The number of benzene rings is 1. The lowest BCUT2D eigenvalue weighted by Gasteiger charge is -2.43. The molecular formula is C18H28N4O2. The van der Waals surface area contributed by atoms with E-state index in [4.69, 9.17) is 10.5 Å². The molecule has 2 aliphatic heterocycles. The van der Waals surface area contributed by atoms with Crippen molar-refractivity contribution in [3.05, 3.63) is 24.3 Å². The molecule has 0 unspecified atom stereocenters. The summed E-state index contributed by atoms with van der Waals surface area (Å²) in [6, 6.07) is 8.85. The number of piperazine rings is 1. The van der Waals surface area contributed by atoms with Gasteiger partial charge < -0.3 is 15.4 Å². The number of hydrogen-bond donors (Lipinski definition) is 1. The average Bonchev–Trinajstić information content (AvgIpc) is 2.62. The van der Waals surface area contributed by atoms with Crippen molar-refractivity contribution in [2.45, 2.75) is 18.9 Å². The number of nitrogens with zero attached hydrogens (tertiary/aromatic N) is 3. The molecule has 2 heterocycles. The minimum absolute atomic E-state index is 0.222. The molecule has 1 atom stereocenters. The van der Waals surface area contributed by atoms with Crippen molar-refractivity contribution < 1.29 is 9.53 Å². The van der Waals surface area contributed by atoms with Crippen LogP contribution in [-0.2, 0) is 4.79 Å². The van der Waals surface area contributed by atoms with Crippen molar-refractivity contribution in [1.29, 1.82) is 0 Å². The van der Waals surface area contributed by atoms with Gasteiger partial charge in [-0.1, -0.05) is 0 Å². The molecule has 6 heteroatoms. The number of carbonyl (C=O) groups excluding carboxylic acids is 1. The Hall–Kier alpha value is -1.79. The van der Waals surface area contributed by atoms with Crippen LogP contribution >= 0.6 is 0 Å². The van der Waals surface area contributed by atoms with Crippen molar-refractivity contribution in [2.24, 2.45) is 5.73 Å². The molecule has 1 aromatic carbocycles. The monoisotopic (exact) mass is 332 g/mol. The van der Waals surface area contributed by atoms with E-state index in [-0.39, 0.29) is 5.91 Å². The highest BCUT2D eigenvalue weighted by Crippen LogP contribution is 2.23. The average molecular weight is 332 g/mol. The van der Waals surface area contributed by atoms with Gasteiger partial charge in [-0.05, 0) is 43.7 Å². The van der Waals surface area contributed by atoms with Crippen molar-refractivity contribution in [3.63, 3.8) is 0 Å². The fourth-order valence-electron chi connectivity index (χ4n) is 3.83. The summed E-state index contributed by atoms with van der Waals surface area (Å²) in [5.41, 5.74) is 6.60. The topological polar surface area (TPSA) is 62.0 Å². The Balaban J connectivity index is 1.51. The number of piperidine rings is 1. The molecule has 24 heavy (non-hydrogen) atoms. The Bertz CT molecular complexity index is 540. The van der Waals surface area contributed by atoms with E-state index in [0.29, 0.717) is 12.6 Å². The fraction of sp³-hybridized carbons (Fsp3) is 0.611. The van der Waals surface area contributed by atoms with Crippen molar-refractivity contribution in [2.75, 3.05) is 57.8 Å². The van der Waals surface area contributed by atoms with Gasteiger partial charge in [0.25, 0.3) is 0 Å². The lowest BCUT2D eigenvalue weighted by molar-refractivity contribution is -0.119. The van der Waals surface area contributed by atoms with Gasteiger partial charge in [-0.3, -0.25) is 14.6 Å². The molecule has 1 amide bonds. The number of methoxy groups -OCH3 is 1. The molecule has 0 spiro atoms. The highest BCUT2D eigenvalue weighted by molar-refractivity contribution is 5.75. The molecule has 2 N–H and O–H groups in total. The van der Waals surface area contributed by atoms with Crippen molar-refractivity contribution in [3.8, 4) is 5.75 Å². The van der Waals surface area contributed by atoms with Crippen LogP contribution < -0.4 is 15.4 Å². The zero-order chi connectivity index (χ0) is 16.9. The normalized spacial score (nSPS) is 23.2. The first kappa shape index (κ1) is 17.0. The lowest BCUT2D eigenvalue weighted by Crippen LogP contribution is -2.55. The van der Waals surface area contributed by atoms with E-state index in [2.05, 4.69) is 26.8 Å². The van der Waals surface area contributed by atoms with Crippen LogP contribution in [0.5, 0.6) is 5.75 Å². The van der Waals surface area contributed by atoms with Gasteiger partial charge in [0.2, 0.25) is 5.91 Å². The van der Waals surface area contributed by atoms with Gasteiger partial charge >= 0.3 is 0 Å². The predicted octanol–water partition coefficient (Wildman–Crippen LogP) is 0.767. The second kappa shape index (κ2) is 7.85. The third-order valence-corrected chi connectivity index (χ3v) is 5.13. The number of nitrogens with two attached hydrogens (primary N) is 1. The maximum atomic E-state index is 11.1. The molecule has 0 aromatic heterocycles. The van der Waals surface area contributed by atoms with Gasteiger partial charge in [-0.15, -0.1) is 0 Å². The van der Waals surface area contributed by atoms with Gasteiger partial charge in [-0.2, -0.15) is 0 Å². The predicted molar refractivity (Wildman–Crippen MR) is 95.4 cm³/mol. The van der Waals surface area contributed by atoms with Gasteiger partial charge in [0.05, 0.1) is 13.7 Å². The molecule has 0 bridgehead atoms. The number of likely N-dealkylation sites (tertiary alicyclic amines) is 1. The highest BCUT2D eigenvalue weighted by atomic mass is 16.5. The molecule has 0 aliphatic carbocycles. The minimum atomic E-state index is -0.222. The van der Waals surface area contributed by atoms with Crippen LogP contribution in [0.3, 0.4) is 0 Å². The van der Waals surface area contributed by atoms with E-state index >= 15 is 0 Å². The maximum absolute atomic E-state index is 11.1. The smallest absolute Gasteiger partial charge is 0.231 e. The van der Waals surface area contributed by atoms with Gasteiger partial charge in [0, 0.05) is 44.5 Å². The SMILES string of the molecule is COc1ccc(N2CCN([C@H]3CCCN(CC(N)=O)C3)CC2)cc1. The van der Waals surface area contributed by atoms with Crippen LogP contribution in [0.25, 0.3) is 0 Å². The Kier molecular flexibility index (Phi) is 5.58. The van der Waals surface area contributed by atoms with E-state index < -0.39 is 0 Å². The summed E-state index contributed by atoms with van der Waals surface area (Å²) in [6.07, 6.45) is 2.37. The molecule has 1 aromatic rings. The Labute approximate surface area is 144 Å². The first-order valence-corrected chi connectivity index (χ1v) is 8.79. The number of rotatable bonds is 5. The summed E-state index contributed by atoms with van der Waals surface area (Å²) < 4.78 is 5.23. The van der Waals surface area contributed by atoms with E-state index in [9.17, 15) is 4.79 Å². The number of ether oxygens (including phenoxy) is 1. The summed E-state index contributed by atoms with van der Waals surface area (Å²) in [7, 11) is 1.69. The third-order valence-electron chi connectivity index (χ3n) is 5.13. The second-order valence-corrected chi connectivity index (χ2v) is 6.72. The Morgan fingerprint density at radius 1 is 1.17 bits per heavy atom. The standard InChI is InChI=1S/C18H28N4O2/c1-24-17-6-4-15(5-7-17)21-9-11-22(12-10-21)16-3-2-8-20(13-16)14-18(19)23/h4-7,16H,2-3,8-14H2,1H3,(H2,19,23)/t16-/m0/s1. The first-order chi connectivity index (χ1) is 11.7. The quantitative estimate of drug-likeness (QED) is 0.863. The molecule has 2 aliphatic rings. The summed E-state index contributed by atoms with van der Waals surface area (Å²) in [6.45, 7) is 6.57. The number of amides is 1. The van der Waals surface area contributed by atoms with Gasteiger partial charge in [0.15, 0.2) is 0 Å². The maximum Gasteiger partial charge on any atom is 0.231 e. The van der Waals surface area contributed by atoms with E-state index in [1.807, 2.05) is 12.1 Å². The largest absolute Gasteiger partial charge is 0.497 e. The first-order valence-electron chi connectivity index (χ1n) is 8.79. The Morgan fingerprint density at radius 2 is 1.88 bits per heavy atom. The number of hydrogen-bond acceptors (Lipinski definition) is 5. The lowest BCUT2D eigenvalue weighted by atomic mass is 10.0.